The topological polar surface area (TPSA) is 99.6 Å². The van der Waals surface area contributed by atoms with E-state index < -0.39 is 5.97 Å². The third-order valence-corrected chi connectivity index (χ3v) is 2.63. The highest BCUT2D eigenvalue weighted by Gasteiger charge is 2.11. The highest BCUT2D eigenvalue weighted by molar-refractivity contribution is 5.87. The molecule has 0 atom stereocenters. The molecule has 0 saturated heterocycles. The lowest BCUT2D eigenvalue weighted by atomic mass is 10.3. The van der Waals surface area contributed by atoms with E-state index in [1.807, 2.05) is 12.1 Å². The molecule has 0 aliphatic heterocycles. The molecule has 112 valence electrons. The summed E-state index contributed by atoms with van der Waals surface area (Å²) in [5.41, 5.74) is 7.29. The molecule has 0 aliphatic carbocycles. The molecule has 0 bridgehead atoms. The van der Waals surface area contributed by atoms with E-state index in [-0.39, 0.29) is 32.1 Å². The molecule has 7 heteroatoms. The summed E-state index contributed by atoms with van der Waals surface area (Å²) >= 11 is 0. The predicted octanol–water partition coefficient (Wildman–Crippen LogP) is 0.620. The van der Waals surface area contributed by atoms with Crippen LogP contribution >= 0.6 is 0 Å². The zero-order valence-electron chi connectivity index (χ0n) is 11.4. The fourth-order valence-electron chi connectivity index (χ4n) is 1.68. The zero-order valence-corrected chi connectivity index (χ0v) is 11.4. The molecule has 0 radical (unpaired) electrons. The van der Waals surface area contributed by atoms with Crippen LogP contribution in [0.25, 0.3) is 5.69 Å². The summed E-state index contributed by atoms with van der Waals surface area (Å²) in [6.07, 6.45) is 1.66. The van der Waals surface area contributed by atoms with Gasteiger partial charge in [-0.25, -0.2) is 9.48 Å². The van der Waals surface area contributed by atoms with Gasteiger partial charge in [0.1, 0.15) is 6.61 Å². The van der Waals surface area contributed by atoms with Crippen molar-refractivity contribution in [2.24, 2.45) is 0 Å². The summed E-state index contributed by atoms with van der Waals surface area (Å²) in [7, 11) is 0. The van der Waals surface area contributed by atoms with Gasteiger partial charge in [0.15, 0.2) is 5.69 Å². The Morgan fingerprint density at radius 2 is 2.14 bits per heavy atom. The van der Waals surface area contributed by atoms with Crippen molar-refractivity contribution in [3.05, 3.63) is 42.2 Å². The molecule has 1 heterocycles. The average Bonchev–Trinajstić information content (AvgIpc) is 2.97. The lowest BCUT2D eigenvalue weighted by Gasteiger charge is -2.04. The maximum atomic E-state index is 11.8. The van der Waals surface area contributed by atoms with E-state index in [9.17, 15) is 4.79 Å². The fourth-order valence-corrected chi connectivity index (χ4v) is 1.68. The van der Waals surface area contributed by atoms with Crippen LogP contribution in [0.4, 0.5) is 5.69 Å². The molecule has 0 aliphatic rings. The number of aliphatic hydroxyl groups is 1. The lowest BCUT2D eigenvalue weighted by Crippen LogP contribution is -2.13. The van der Waals surface area contributed by atoms with Crippen molar-refractivity contribution in [3.8, 4) is 5.69 Å². The number of hydrogen-bond acceptors (Lipinski definition) is 6. The minimum Gasteiger partial charge on any atom is -0.458 e. The van der Waals surface area contributed by atoms with Crippen LogP contribution in [0.3, 0.4) is 0 Å². The van der Waals surface area contributed by atoms with E-state index in [0.29, 0.717) is 5.69 Å². The first-order valence-electron chi connectivity index (χ1n) is 6.48. The molecule has 1 aromatic carbocycles. The number of nitrogen functional groups attached to an aromatic ring is 1. The smallest absolute Gasteiger partial charge is 0.358 e. The van der Waals surface area contributed by atoms with Crippen LogP contribution in [0.15, 0.2) is 36.5 Å². The van der Waals surface area contributed by atoms with Gasteiger partial charge in [0.25, 0.3) is 0 Å². The largest absolute Gasteiger partial charge is 0.458 e. The van der Waals surface area contributed by atoms with E-state index >= 15 is 0 Å². The van der Waals surface area contributed by atoms with Crippen LogP contribution < -0.4 is 5.73 Å². The Morgan fingerprint density at radius 1 is 1.29 bits per heavy atom. The third-order valence-electron chi connectivity index (χ3n) is 2.63. The Kier molecular flexibility index (Phi) is 5.30. The third kappa shape index (κ3) is 4.30. The number of benzene rings is 1. The van der Waals surface area contributed by atoms with Gasteiger partial charge in [-0.3, -0.25) is 0 Å². The number of rotatable bonds is 7. The highest BCUT2D eigenvalue weighted by Crippen LogP contribution is 2.12. The molecule has 0 amide bonds. The number of esters is 1. The van der Waals surface area contributed by atoms with Crippen LogP contribution in [0.1, 0.15) is 10.5 Å². The zero-order chi connectivity index (χ0) is 15.1. The quantitative estimate of drug-likeness (QED) is 0.441. The maximum Gasteiger partial charge on any atom is 0.358 e. The first-order valence-corrected chi connectivity index (χ1v) is 6.48. The summed E-state index contributed by atoms with van der Waals surface area (Å²) in [4.78, 5) is 11.8. The number of anilines is 1. The SMILES string of the molecule is Nc1cccc(-n2ccc(C(=O)OCCOCCO)n2)c1. The standard InChI is InChI=1S/C14H17N3O4/c15-11-2-1-3-12(10-11)17-5-4-13(16-17)14(19)21-9-8-20-7-6-18/h1-5,10,18H,6-9,15H2. The van der Waals surface area contributed by atoms with Crippen molar-refractivity contribution in [1.82, 2.24) is 9.78 Å². The molecule has 0 spiro atoms. The van der Waals surface area contributed by atoms with Crippen molar-refractivity contribution >= 4 is 11.7 Å². The van der Waals surface area contributed by atoms with Gasteiger partial charge in [0.05, 0.1) is 25.5 Å². The van der Waals surface area contributed by atoms with Crippen LogP contribution in [-0.4, -0.2) is 47.3 Å². The monoisotopic (exact) mass is 291 g/mol. The number of nitrogens with two attached hydrogens (primary N) is 1. The van der Waals surface area contributed by atoms with Gasteiger partial charge in [-0.05, 0) is 24.3 Å². The van der Waals surface area contributed by atoms with Crippen LogP contribution in [0, 0.1) is 0 Å². The summed E-state index contributed by atoms with van der Waals surface area (Å²) in [5.74, 6) is -0.523. The molecule has 2 aromatic rings. The number of carbonyl (C=O) groups is 1. The number of carbonyl (C=O) groups excluding carboxylic acids is 1. The number of aromatic nitrogens is 2. The minimum atomic E-state index is -0.523. The van der Waals surface area contributed by atoms with E-state index in [1.54, 1.807) is 29.1 Å². The molecule has 7 nitrogen and oxygen atoms in total. The van der Waals surface area contributed by atoms with Gasteiger partial charge < -0.3 is 20.3 Å². The molecule has 0 unspecified atom stereocenters. The van der Waals surface area contributed by atoms with Gasteiger partial charge in [-0.1, -0.05) is 6.07 Å². The van der Waals surface area contributed by atoms with E-state index in [1.165, 1.54) is 0 Å². The summed E-state index contributed by atoms with van der Waals surface area (Å²) < 4.78 is 11.5. The van der Waals surface area contributed by atoms with Gasteiger partial charge in [-0.2, -0.15) is 5.10 Å². The second-order valence-corrected chi connectivity index (χ2v) is 4.21. The predicted molar refractivity (Wildman–Crippen MR) is 76.2 cm³/mol. The number of hydrogen-bond donors (Lipinski definition) is 2. The van der Waals surface area contributed by atoms with Crippen molar-refractivity contribution in [2.75, 3.05) is 32.2 Å². The molecular formula is C14H17N3O4. The molecule has 2 rings (SSSR count). The lowest BCUT2D eigenvalue weighted by molar-refractivity contribution is 0.0253. The maximum absolute atomic E-state index is 11.8. The van der Waals surface area contributed by atoms with E-state index in [2.05, 4.69) is 5.10 Å². The van der Waals surface area contributed by atoms with Crippen molar-refractivity contribution in [1.29, 1.82) is 0 Å². The van der Waals surface area contributed by atoms with Crippen LogP contribution in [0.2, 0.25) is 0 Å². The molecule has 1 aromatic heterocycles. The normalized spacial score (nSPS) is 10.5. The summed E-state index contributed by atoms with van der Waals surface area (Å²) in [6, 6.07) is 8.74. The van der Waals surface area contributed by atoms with Gasteiger partial charge in [0.2, 0.25) is 0 Å². The molecule has 0 saturated carbocycles. The Hall–Kier alpha value is -2.38. The Labute approximate surface area is 121 Å². The first-order chi connectivity index (χ1) is 10.2. The van der Waals surface area contributed by atoms with Crippen LogP contribution in [-0.2, 0) is 9.47 Å². The van der Waals surface area contributed by atoms with E-state index in [0.717, 1.165) is 5.69 Å². The van der Waals surface area contributed by atoms with Gasteiger partial charge in [0, 0.05) is 11.9 Å². The average molecular weight is 291 g/mol. The molecule has 3 N–H and O–H groups in total. The van der Waals surface area contributed by atoms with Crippen molar-refractivity contribution in [2.45, 2.75) is 0 Å². The first kappa shape index (κ1) is 15.0. The van der Waals surface area contributed by atoms with Crippen molar-refractivity contribution in [3.63, 3.8) is 0 Å². The van der Waals surface area contributed by atoms with Crippen molar-refractivity contribution < 1.29 is 19.4 Å². The molecule has 0 fully saturated rings. The Balaban J connectivity index is 1.92. The minimum absolute atomic E-state index is 0.0570. The highest BCUT2D eigenvalue weighted by atomic mass is 16.6. The number of aliphatic hydroxyl groups excluding tert-OH is 1. The van der Waals surface area contributed by atoms with Gasteiger partial charge >= 0.3 is 5.97 Å². The van der Waals surface area contributed by atoms with Gasteiger partial charge in [-0.15, -0.1) is 0 Å². The molecular weight excluding hydrogens is 274 g/mol. The Morgan fingerprint density at radius 3 is 2.90 bits per heavy atom. The molecule has 21 heavy (non-hydrogen) atoms. The van der Waals surface area contributed by atoms with Crippen LogP contribution in [0.5, 0.6) is 0 Å². The number of ether oxygens (including phenoxy) is 2. The summed E-state index contributed by atoms with van der Waals surface area (Å²) in [5, 5.41) is 12.7. The number of nitrogens with zero attached hydrogens (tertiary/aromatic N) is 2. The fraction of sp³-hybridized carbons (Fsp3) is 0.286. The second kappa shape index (κ2) is 7.41. The van der Waals surface area contributed by atoms with E-state index in [4.69, 9.17) is 20.3 Å². The second-order valence-electron chi connectivity index (χ2n) is 4.21. The summed E-state index contributed by atoms with van der Waals surface area (Å²) in [6.45, 7) is 0.520. The Bertz CT molecular complexity index is 597.